The average Bonchev–Trinajstić information content (AvgIpc) is 3.30. The van der Waals surface area contributed by atoms with Gasteiger partial charge < -0.3 is 4.42 Å². The molecule has 0 N–H and O–H groups in total. The smallest absolute Gasteiger partial charge is 0.283 e. The second-order valence-corrected chi connectivity index (χ2v) is 8.09. The number of hydrogen-bond donors (Lipinski definition) is 0. The Morgan fingerprint density at radius 1 is 1.15 bits per heavy atom. The van der Waals surface area contributed by atoms with Crippen LogP contribution in [0.1, 0.15) is 22.7 Å². The topological polar surface area (TPSA) is 64.7 Å². The molecule has 1 aromatic carbocycles. The van der Waals surface area contributed by atoms with E-state index >= 15 is 0 Å². The summed E-state index contributed by atoms with van der Waals surface area (Å²) in [5, 5.41) is 10.3. The van der Waals surface area contributed by atoms with Gasteiger partial charge in [-0.15, -0.1) is 21.5 Å². The van der Waals surface area contributed by atoms with Crippen LogP contribution in [0.15, 0.2) is 38.9 Å². The van der Waals surface area contributed by atoms with Crippen molar-refractivity contribution in [3.8, 4) is 11.5 Å². The van der Waals surface area contributed by atoms with Crippen LogP contribution in [0.25, 0.3) is 21.7 Å². The molecule has 0 radical (unpaired) electrons. The van der Waals surface area contributed by atoms with E-state index in [0.29, 0.717) is 16.6 Å². The number of benzene rings is 1. The van der Waals surface area contributed by atoms with Crippen LogP contribution in [0, 0.1) is 12.7 Å². The highest BCUT2D eigenvalue weighted by atomic mass is 32.2. The van der Waals surface area contributed by atoms with Gasteiger partial charge in [-0.1, -0.05) is 12.1 Å². The van der Waals surface area contributed by atoms with E-state index in [4.69, 9.17) is 4.42 Å². The van der Waals surface area contributed by atoms with Crippen molar-refractivity contribution in [3.05, 3.63) is 46.3 Å². The number of nitrogens with zero attached hydrogens (tertiary/aromatic N) is 4. The maximum atomic E-state index is 13.9. The molecule has 8 heteroatoms. The van der Waals surface area contributed by atoms with E-state index in [1.165, 1.54) is 34.7 Å². The van der Waals surface area contributed by atoms with Crippen molar-refractivity contribution in [2.45, 2.75) is 36.4 Å². The van der Waals surface area contributed by atoms with Crippen molar-refractivity contribution < 1.29 is 8.81 Å². The normalized spacial score (nSPS) is 13.5. The zero-order valence-corrected chi connectivity index (χ0v) is 15.5. The van der Waals surface area contributed by atoms with Crippen LogP contribution in [-0.2, 0) is 12.8 Å². The van der Waals surface area contributed by atoms with Crippen molar-refractivity contribution in [3.63, 3.8) is 0 Å². The molecule has 130 valence electrons. The van der Waals surface area contributed by atoms with Gasteiger partial charge in [-0.2, -0.15) is 0 Å². The summed E-state index contributed by atoms with van der Waals surface area (Å²) in [7, 11) is 0. The lowest BCUT2D eigenvalue weighted by atomic mass is 10.2. The molecule has 1 aliphatic carbocycles. The van der Waals surface area contributed by atoms with Crippen molar-refractivity contribution >= 4 is 33.3 Å². The molecule has 0 atom stereocenters. The summed E-state index contributed by atoms with van der Waals surface area (Å²) < 4.78 is 19.6. The molecule has 0 saturated carbocycles. The van der Waals surface area contributed by atoms with Gasteiger partial charge in [-0.05, 0) is 55.6 Å². The summed E-state index contributed by atoms with van der Waals surface area (Å²) in [4.78, 5) is 11.6. The minimum absolute atomic E-state index is 0.170. The minimum Gasteiger partial charge on any atom is -0.411 e. The maximum Gasteiger partial charge on any atom is 0.283 e. The largest absolute Gasteiger partial charge is 0.411 e. The van der Waals surface area contributed by atoms with Crippen LogP contribution >= 0.6 is 23.1 Å². The standard InChI is InChI=1S/C18H13FN4OS2/c1-9-20-16-14(11-6-4-8-13(11)25-16)17(21-9)26-18-23-22-15(24-18)10-5-2-3-7-12(10)19/h2-3,5,7H,4,6,8H2,1H3. The van der Waals surface area contributed by atoms with Gasteiger partial charge in [0.1, 0.15) is 21.5 Å². The second kappa shape index (κ2) is 6.14. The molecule has 26 heavy (non-hydrogen) atoms. The first-order valence-electron chi connectivity index (χ1n) is 8.24. The lowest BCUT2D eigenvalue weighted by molar-refractivity contribution is 0.462. The van der Waals surface area contributed by atoms with Crippen LogP contribution in [-0.4, -0.2) is 20.2 Å². The molecule has 0 amide bonds. The number of halogens is 1. The average molecular weight is 384 g/mol. The van der Waals surface area contributed by atoms with Crippen LogP contribution in [0.5, 0.6) is 0 Å². The SMILES string of the molecule is Cc1nc(Sc2nnc(-c3ccccc3F)o2)c2c3c(sc2n1)CCC3. The number of aromatic nitrogens is 4. The van der Waals surface area contributed by atoms with Crippen molar-refractivity contribution in [2.24, 2.45) is 0 Å². The zero-order valence-electron chi connectivity index (χ0n) is 13.8. The zero-order chi connectivity index (χ0) is 17.7. The molecule has 0 fully saturated rings. The second-order valence-electron chi connectivity index (χ2n) is 6.07. The van der Waals surface area contributed by atoms with Gasteiger partial charge in [0.25, 0.3) is 11.1 Å². The third-order valence-corrected chi connectivity index (χ3v) is 6.35. The fourth-order valence-electron chi connectivity index (χ4n) is 3.22. The van der Waals surface area contributed by atoms with Crippen molar-refractivity contribution in [2.75, 3.05) is 0 Å². The first-order valence-corrected chi connectivity index (χ1v) is 9.87. The summed E-state index contributed by atoms with van der Waals surface area (Å²) in [5.41, 5.74) is 1.65. The van der Waals surface area contributed by atoms with Gasteiger partial charge in [0.2, 0.25) is 0 Å². The molecule has 3 aromatic heterocycles. The van der Waals surface area contributed by atoms with Crippen LogP contribution in [0.4, 0.5) is 4.39 Å². The third-order valence-electron chi connectivity index (χ3n) is 4.34. The molecule has 1 aliphatic rings. The fraction of sp³-hybridized carbons (Fsp3) is 0.222. The molecule has 3 heterocycles. The van der Waals surface area contributed by atoms with E-state index in [1.807, 2.05) is 6.92 Å². The molecular weight excluding hydrogens is 371 g/mol. The monoisotopic (exact) mass is 384 g/mol. The highest BCUT2D eigenvalue weighted by Gasteiger charge is 2.23. The van der Waals surface area contributed by atoms with Crippen LogP contribution in [0.2, 0.25) is 0 Å². The van der Waals surface area contributed by atoms with E-state index in [2.05, 4.69) is 20.2 Å². The Bertz CT molecular complexity index is 1140. The Labute approximate surface area is 156 Å². The first kappa shape index (κ1) is 15.9. The lowest BCUT2D eigenvalue weighted by Crippen LogP contribution is -1.92. The highest BCUT2D eigenvalue weighted by Crippen LogP contribution is 2.42. The number of hydrogen-bond acceptors (Lipinski definition) is 7. The Morgan fingerprint density at radius 3 is 2.92 bits per heavy atom. The third kappa shape index (κ3) is 2.60. The molecule has 0 bridgehead atoms. The van der Waals surface area contributed by atoms with E-state index < -0.39 is 0 Å². The van der Waals surface area contributed by atoms with Crippen LogP contribution in [0.3, 0.4) is 0 Å². The Kier molecular flexibility index (Phi) is 3.75. The Hall–Kier alpha value is -2.32. The van der Waals surface area contributed by atoms with E-state index in [1.54, 1.807) is 29.5 Å². The quantitative estimate of drug-likeness (QED) is 0.472. The Morgan fingerprint density at radius 2 is 2.04 bits per heavy atom. The minimum atomic E-state index is -0.386. The number of aryl methyl sites for hydroxylation is 3. The van der Waals surface area contributed by atoms with Gasteiger partial charge in [0, 0.05) is 10.3 Å². The Balaban J connectivity index is 1.55. The van der Waals surface area contributed by atoms with Gasteiger partial charge in [0.05, 0.1) is 5.56 Å². The predicted octanol–water partition coefficient (Wildman–Crippen LogP) is 4.83. The predicted molar refractivity (Wildman–Crippen MR) is 98.0 cm³/mol. The molecule has 5 nitrogen and oxygen atoms in total. The van der Waals surface area contributed by atoms with Gasteiger partial charge in [-0.25, -0.2) is 14.4 Å². The number of thiophene rings is 1. The molecular formula is C18H13FN4OS2. The highest BCUT2D eigenvalue weighted by molar-refractivity contribution is 7.99. The summed E-state index contributed by atoms with van der Waals surface area (Å²) in [6.45, 7) is 1.88. The molecule has 5 rings (SSSR count). The molecule has 0 unspecified atom stereocenters. The molecule has 4 aromatic rings. The van der Waals surface area contributed by atoms with Gasteiger partial charge in [0.15, 0.2) is 0 Å². The maximum absolute atomic E-state index is 13.9. The number of fused-ring (bicyclic) bond motifs is 3. The summed E-state index contributed by atoms with van der Waals surface area (Å²) in [6.07, 6.45) is 3.34. The van der Waals surface area contributed by atoms with Crippen molar-refractivity contribution in [1.82, 2.24) is 20.2 Å². The fourth-order valence-corrected chi connectivity index (χ4v) is 5.45. The van der Waals surface area contributed by atoms with E-state index in [-0.39, 0.29) is 11.7 Å². The number of rotatable bonds is 3. The molecule has 0 aliphatic heterocycles. The van der Waals surface area contributed by atoms with E-state index in [0.717, 1.165) is 28.1 Å². The van der Waals surface area contributed by atoms with Crippen LogP contribution < -0.4 is 0 Å². The summed E-state index contributed by atoms with van der Waals surface area (Å²) >= 11 is 3.06. The van der Waals surface area contributed by atoms with Gasteiger partial charge in [-0.3, -0.25) is 0 Å². The van der Waals surface area contributed by atoms with E-state index in [9.17, 15) is 4.39 Å². The van der Waals surface area contributed by atoms with Crippen molar-refractivity contribution in [1.29, 1.82) is 0 Å². The van der Waals surface area contributed by atoms with Gasteiger partial charge >= 0.3 is 0 Å². The molecule has 0 saturated heterocycles. The summed E-state index contributed by atoms with van der Waals surface area (Å²) in [6, 6.07) is 6.36. The summed E-state index contributed by atoms with van der Waals surface area (Å²) in [5.74, 6) is 0.501. The molecule has 0 spiro atoms. The first-order chi connectivity index (χ1) is 12.7. The lowest BCUT2D eigenvalue weighted by Gasteiger charge is -2.02.